The normalized spacial score (nSPS) is 10.8. The number of hydrogen-bond acceptors (Lipinski definition) is 4. The van der Waals surface area contributed by atoms with Crippen LogP contribution in [0.3, 0.4) is 0 Å². The van der Waals surface area contributed by atoms with Crippen molar-refractivity contribution in [3.8, 4) is 17.6 Å². The van der Waals surface area contributed by atoms with E-state index in [0.29, 0.717) is 0 Å². The van der Waals surface area contributed by atoms with E-state index in [2.05, 4.69) is 9.72 Å². The van der Waals surface area contributed by atoms with Crippen molar-refractivity contribution in [3.63, 3.8) is 0 Å². The van der Waals surface area contributed by atoms with Crippen LogP contribution in [0, 0.1) is 15.0 Å². The van der Waals surface area contributed by atoms with Gasteiger partial charge in [-0.2, -0.15) is 5.26 Å². The molecule has 1 aromatic rings. The largest absolute Gasteiger partial charge is 0.573 e. The van der Waals surface area contributed by atoms with Crippen molar-refractivity contribution in [1.82, 2.24) is 4.98 Å². The van der Waals surface area contributed by atoms with Gasteiger partial charge in [-0.15, -0.1) is 13.2 Å². The van der Waals surface area contributed by atoms with Gasteiger partial charge in [-0.05, 0) is 22.6 Å². The summed E-state index contributed by atoms with van der Waals surface area (Å²) in [5.74, 6) is -0.642. The van der Waals surface area contributed by atoms with E-state index < -0.39 is 12.1 Å². The Morgan fingerprint density at radius 3 is 2.59 bits per heavy atom. The van der Waals surface area contributed by atoms with Crippen LogP contribution in [0.1, 0.15) is 5.56 Å². The molecule has 0 unspecified atom stereocenters. The third kappa shape index (κ3) is 3.62. The summed E-state index contributed by atoms with van der Waals surface area (Å²) in [5, 5.41) is 8.52. The molecule has 1 heterocycles. The molecule has 17 heavy (non-hydrogen) atoms. The molecular weight excluding hydrogens is 352 g/mol. The van der Waals surface area contributed by atoms with Gasteiger partial charge in [-0.3, -0.25) is 0 Å². The summed E-state index contributed by atoms with van der Waals surface area (Å²) in [6.07, 6.45) is -3.93. The second-order valence-corrected chi connectivity index (χ2v) is 3.84. The predicted molar refractivity (Wildman–Crippen MR) is 59.5 cm³/mol. The number of hydrogen-bond donors (Lipinski definition) is 0. The van der Waals surface area contributed by atoms with Gasteiger partial charge in [0.25, 0.3) is 0 Å². The fourth-order valence-electron chi connectivity index (χ4n) is 1.11. The molecule has 4 nitrogen and oxygen atoms in total. The van der Waals surface area contributed by atoms with Gasteiger partial charge >= 0.3 is 6.36 Å². The fraction of sp³-hybridized carbons (Fsp3) is 0.333. The lowest BCUT2D eigenvalue weighted by Gasteiger charge is -2.15. The summed E-state index contributed by atoms with van der Waals surface area (Å²) in [6.45, 7) is 0. The minimum absolute atomic E-state index is 0.0297. The standard InChI is InChI=1S/C9H6F3IN2O2/c1-16-7-6(17-9(10,11)12)5(2-3-14)4-15-8(7)13/h4H,2H2,1H3. The highest BCUT2D eigenvalue weighted by Gasteiger charge is 2.34. The highest BCUT2D eigenvalue weighted by molar-refractivity contribution is 14.1. The van der Waals surface area contributed by atoms with Crippen LogP contribution < -0.4 is 9.47 Å². The number of nitriles is 1. The van der Waals surface area contributed by atoms with Crippen molar-refractivity contribution < 1.29 is 22.6 Å². The molecule has 0 aromatic carbocycles. The highest BCUT2D eigenvalue weighted by Crippen LogP contribution is 2.37. The number of halogens is 4. The van der Waals surface area contributed by atoms with Crippen LogP contribution in [0.5, 0.6) is 11.5 Å². The van der Waals surface area contributed by atoms with E-state index in [4.69, 9.17) is 10.00 Å². The third-order valence-electron chi connectivity index (χ3n) is 1.71. The van der Waals surface area contributed by atoms with Gasteiger partial charge in [0.1, 0.15) is 3.70 Å². The minimum atomic E-state index is -4.85. The average molecular weight is 358 g/mol. The van der Waals surface area contributed by atoms with Crippen LogP contribution in [0.25, 0.3) is 0 Å². The average Bonchev–Trinajstić information content (AvgIpc) is 2.21. The zero-order valence-corrected chi connectivity index (χ0v) is 10.7. The summed E-state index contributed by atoms with van der Waals surface area (Å²) in [5.41, 5.74) is 0.0297. The molecule has 0 amide bonds. The number of aromatic nitrogens is 1. The summed E-state index contributed by atoms with van der Waals surface area (Å²) in [7, 11) is 1.21. The van der Waals surface area contributed by atoms with Crippen molar-refractivity contribution in [2.45, 2.75) is 12.8 Å². The van der Waals surface area contributed by atoms with E-state index in [-0.39, 0.29) is 21.4 Å². The van der Waals surface area contributed by atoms with Crippen molar-refractivity contribution in [1.29, 1.82) is 5.26 Å². The van der Waals surface area contributed by atoms with E-state index in [9.17, 15) is 13.2 Å². The Labute approximate surface area is 108 Å². The summed E-state index contributed by atoms with van der Waals surface area (Å²) >= 11 is 1.72. The molecule has 0 spiro atoms. The molecule has 0 aliphatic carbocycles. The van der Waals surface area contributed by atoms with E-state index >= 15 is 0 Å². The van der Waals surface area contributed by atoms with Crippen molar-refractivity contribution in [3.05, 3.63) is 15.5 Å². The van der Waals surface area contributed by atoms with Gasteiger partial charge in [0.05, 0.1) is 19.6 Å². The molecule has 0 aliphatic rings. The minimum Gasteiger partial charge on any atom is -0.490 e. The first-order valence-electron chi connectivity index (χ1n) is 4.23. The molecule has 0 saturated carbocycles. The van der Waals surface area contributed by atoms with Crippen LogP contribution in [0.15, 0.2) is 6.20 Å². The second-order valence-electron chi connectivity index (χ2n) is 2.82. The Morgan fingerprint density at radius 2 is 2.12 bits per heavy atom. The highest BCUT2D eigenvalue weighted by atomic mass is 127. The monoisotopic (exact) mass is 358 g/mol. The molecule has 1 aromatic heterocycles. The molecule has 0 saturated heterocycles. The van der Waals surface area contributed by atoms with Crippen LogP contribution in [-0.2, 0) is 6.42 Å². The number of rotatable bonds is 3. The first-order valence-corrected chi connectivity index (χ1v) is 5.31. The van der Waals surface area contributed by atoms with Gasteiger partial charge in [0.2, 0.25) is 0 Å². The SMILES string of the molecule is COc1c(I)ncc(CC#N)c1OC(F)(F)F. The summed E-state index contributed by atoms with van der Waals surface area (Å²) in [4.78, 5) is 3.82. The predicted octanol–water partition coefficient (Wildman–Crippen LogP) is 2.66. The molecule has 0 bridgehead atoms. The van der Waals surface area contributed by atoms with Gasteiger partial charge in [0.15, 0.2) is 11.5 Å². The topological polar surface area (TPSA) is 55.1 Å². The lowest BCUT2D eigenvalue weighted by atomic mass is 10.2. The van der Waals surface area contributed by atoms with Gasteiger partial charge in [-0.1, -0.05) is 0 Å². The quantitative estimate of drug-likeness (QED) is 0.616. The first kappa shape index (κ1) is 13.8. The molecule has 0 N–H and O–H groups in total. The second kappa shape index (κ2) is 5.39. The van der Waals surface area contributed by atoms with Crippen molar-refractivity contribution in [2.24, 2.45) is 0 Å². The Bertz CT molecular complexity index is 457. The maximum absolute atomic E-state index is 12.2. The van der Waals surface area contributed by atoms with Crippen molar-refractivity contribution >= 4 is 22.6 Å². The zero-order chi connectivity index (χ0) is 13.1. The number of methoxy groups -OCH3 is 1. The Balaban J connectivity index is 3.29. The number of alkyl halides is 3. The first-order chi connectivity index (χ1) is 7.89. The maximum atomic E-state index is 12.2. The smallest absolute Gasteiger partial charge is 0.490 e. The number of nitrogens with zero attached hydrogens (tertiary/aromatic N) is 2. The third-order valence-corrected chi connectivity index (χ3v) is 2.48. The van der Waals surface area contributed by atoms with Crippen molar-refractivity contribution in [2.75, 3.05) is 7.11 Å². The van der Waals surface area contributed by atoms with E-state index in [1.807, 2.05) is 0 Å². The maximum Gasteiger partial charge on any atom is 0.573 e. The number of pyridine rings is 1. The number of ether oxygens (including phenoxy) is 2. The van der Waals surface area contributed by atoms with E-state index in [0.717, 1.165) is 6.20 Å². The fourth-order valence-corrected chi connectivity index (χ4v) is 1.71. The molecule has 8 heteroatoms. The zero-order valence-electron chi connectivity index (χ0n) is 8.51. The van der Waals surface area contributed by atoms with Crippen LogP contribution >= 0.6 is 22.6 Å². The lowest BCUT2D eigenvalue weighted by molar-refractivity contribution is -0.275. The Hall–Kier alpha value is -1.24. The summed E-state index contributed by atoms with van der Waals surface area (Å²) < 4.78 is 45.6. The van der Waals surface area contributed by atoms with Crippen LogP contribution in [-0.4, -0.2) is 18.5 Å². The summed E-state index contributed by atoms with van der Waals surface area (Å²) in [6, 6.07) is 1.74. The molecular formula is C9H6F3IN2O2. The van der Waals surface area contributed by atoms with Gasteiger partial charge < -0.3 is 9.47 Å². The molecule has 0 fully saturated rings. The molecule has 0 aliphatic heterocycles. The van der Waals surface area contributed by atoms with E-state index in [1.165, 1.54) is 7.11 Å². The molecule has 0 atom stereocenters. The van der Waals surface area contributed by atoms with Gasteiger partial charge in [-0.25, -0.2) is 4.98 Å². The molecule has 0 radical (unpaired) electrons. The van der Waals surface area contributed by atoms with Gasteiger partial charge in [0, 0.05) is 11.8 Å². The Morgan fingerprint density at radius 1 is 1.47 bits per heavy atom. The van der Waals surface area contributed by atoms with Crippen LogP contribution in [0.4, 0.5) is 13.2 Å². The lowest BCUT2D eigenvalue weighted by Crippen LogP contribution is -2.19. The Kier molecular flexibility index (Phi) is 4.39. The van der Waals surface area contributed by atoms with E-state index in [1.54, 1.807) is 28.7 Å². The molecule has 1 rings (SSSR count). The van der Waals surface area contributed by atoms with Crippen LogP contribution in [0.2, 0.25) is 0 Å². The molecule has 92 valence electrons.